The van der Waals surface area contributed by atoms with Gasteiger partial charge in [-0.2, -0.15) is 0 Å². The molecule has 1 fully saturated rings. The van der Waals surface area contributed by atoms with Crippen molar-refractivity contribution in [3.05, 3.63) is 108 Å². The molecule has 33 heavy (non-hydrogen) atoms. The van der Waals surface area contributed by atoms with E-state index in [1.165, 1.54) is 42.4 Å². The van der Waals surface area contributed by atoms with Crippen LogP contribution in [-0.2, 0) is 29.1 Å². The van der Waals surface area contributed by atoms with Gasteiger partial charge >= 0.3 is 0 Å². The van der Waals surface area contributed by atoms with Crippen molar-refractivity contribution in [1.82, 2.24) is 0 Å². The second-order valence-electron chi connectivity index (χ2n) is 9.96. The van der Waals surface area contributed by atoms with Gasteiger partial charge in [0.05, 0.1) is 26.4 Å². The smallest absolute Gasteiger partial charge is 0.0717 e. The summed E-state index contributed by atoms with van der Waals surface area (Å²) in [7, 11) is 0. The van der Waals surface area contributed by atoms with Crippen molar-refractivity contribution in [2.45, 2.75) is 52.2 Å². The lowest BCUT2D eigenvalue weighted by Gasteiger charge is -2.44. The van der Waals surface area contributed by atoms with Crippen LogP contribution in [0.25, 0.3) is 0 Å². The molecule has 2 atom stereocenters. The third kappa shape index (κ3) is 7.28. The molecule has 174 valence electrons. The van der Waals surface area contributed by atoms with Crippen LogP contribution in [0.5, 0.6) is 0 Å². The van der Waals surface area contributed by atoms with Crippen LogP contribution < -0.4 is 0 Å². The van der Waals surface area contributed by atoms with E-state index in [4.69, 9.17) is 9.47 Å². The zero-order chi connectivity index (χ0) is 22.8. The summed E-state index contributed by atoms with van der Waals surface area (Å²) in [6.45, 7) is 5.32. The Morgan fingerprint density at radius 1 is 0.697 bits per heavy atom. The first-order valence-corrected chi connectivity index (χ1v) is 12.5. The molecule has 0 radical (unpaired) electrons. The lowest BCUT2D eigenvalue weighted by Crippen LogP contribution is -2.40. The van der Waals surface area contributed by atoms with Gasteiger partial charge in [0, 0.05) is 5.41 Å². The average Bonchev–Trinajstić information content (AvgIpc) is 2.87. The van der Waals surface area contributed by atoms with Gasteiger partial charge in [-0.15, -0.1) is 0 Å². The Morgan fingerprint density at radius 3 is 1.70 bits per heavy atom. The highest BCUT2D eigenvalue weighted by Crippen LogP contribution is 2.45. The Balaban J connectivity index is 1.39. The molecule has 2 heteroatoms. The molecule has 4 rings (SSSR count). The van der Waals surface area contributed by atoms with E-state index in [1.54, 1.807) is 0 Å². The van der Waals surface area contributed by atoms with Crippen molar-refractivity contribution in [1.29, 1.82) is 0 Å². The lowest BCUT2D eigenvalue weighted by atomic mass is 9.65. The molecule has 3 aromatic carbocycles. The number of ether oxygens (including phenoxy) is 2. The molecule has 0 saturated heterocycles. The minimum Gasteiger partial charge on any atom is -0.376 e. The average molecular weight is 443 g/mol. The van der Waals surface area contributed by atoms with E-state index in [9.17, 15) is 0 Å². The molecule has 1 aliphatic rings. The molecule has 2 nitrogen and oxygen atoms in total. The number of aryl methyl sites for hydroxylation is 1. The fourth-order valence-corrected chi connectivity index (χ4v) is 5.24. The van der Waals surface area contributed by atoms with Crippen LogP contribution in [0, 0.1) is 17.3 Å². The highest BCUT2D eigenvalue weighted by molar-refractivity contribution is 5.15. The van der Waals surface area contributed by atoms with E-state index >= 15 is 0 Å². The number of benzene rings is 3. The Hall–Kier alpha value is -2.42. The van der Waals surface area contributed by atoms with Crippen LogP contribution in [0.4, 0.5) is 0 Å². The molecule has 1 aliphatic carbocycles. The van der Waals surface area contributed by atoms with Gasteiger partial charge in [0.25, 0.3) is 0 Å². The maximum atomic E-state index is 6.33. The van der Waals surface area contributed by atoms with Gasteiger partial charge in [0.2, 0.25) is 0 Å². The molecule has 0 bridgehead atoms. The van der Waals surface area contributed by atoms with E-state index in [0.29, 0.717) is 19.1 Å². The van der Waals surface area contributed by atoms with Crippen molar-refractivity contribution in [2.24, 2.45) is 17.3 Å². The van der Waals surface area contributed by atoms with Gasteiger partial charge in [0.1, 0.15) is 0 Å². The summed E-state index contributed by atoms with van der Waals surface area (Å²) >= 11 is 0. The summed E-state index contributed by atoms with van der Waals surface area (Å²) in [6.07, 6.45) is 6.01. The Labute approximate surface area is 200 Å². The first-order chi connectivity index (χ1) is 16.2. The summed E-state index contributed by atoms with van der Waals surface area (Å²) in [5.74, 6) is 1.46. The summed E-state index contributed by atoms with van der Waals surface area (Å²) in [6, 6.07) is 31.9. The molecular formula is C31H38O2. The van der Waals surface area contributed by atoms with E-state index in [1.807, 2.05) is 0 Å². The number of rotatable bonds is 11. The molecule has 0 aliphatic heterocycles. The Kier molecular flexibility index (Phi) is 8.74. The zero-order valence-electron chi connectivity index (χ0n) is 20.0. The van der Waals surface area contributed by atoms with E-state index in [2.05, 4.69) is 97.9 Å². The van der Waals surface area contributed by atoms with Crippen LogP contribution in [-0.4, -0.2) is 13.2 Å². The molecule has 3 aromatic rings. The summed E-state index contributed by atoms with van der Waals surface area (Å²) in [5.41, 5.74) is 4.02. The first-order valence-electron chi connectivity index (χ1n) is 12.5. The molecule has 0 amide bonds. The van der Waals surface area contributed by atoms with E-state index in [0.717, 1.165) is 25.6 Å². The molecule has 0 heterocycles. The van der Waals surface area contributed by atoms with Crippen molar-refractivity contribution < 1.29 is 9.47 Å². The van der Waals surface area contributed by atoms with Gasteiger partial charge in [0.15, 0.2) is 0 Å². The van der Waals surface area contributed by atoms with Gasteiger partial charge in [-0.25, -0.2) is 0 Å². The number of hydrogen-bond donors (Lipinski definition) is 0. The van der Waals surface area contributed by atoms with Crippen LogP contribution in [0.15, 0.2) is 91.0 Å². The van der Waals surface area contributed by atoms with Gasteiger partial charge in [-0.1, -0.05) is 97.9 Å². The van der Waals surface area contributed by atoms with E-state index < -0.39 is 0 Å². The van der Waals surface area contributed by atoms with Crippen LogP contribution in [0.3, 0.4) is 0 Å². The van der Waals surface area contributed by atoms with Crippen molar-refractivity contribution in [3.63, 3.8) is 0 Å². The van der Waals surface area contributed by atoms with Crippen molar-refractivity contribution in [3.8, 4) is 0 Å². The monoisotopic (exact) mass is 442 g/mol. The Bertz CT molecular complexity index is 877. The topological polar surface area (TPSA) is 18.5 Å². The van der Waals surface area contributed by atoms with Crippen molar-refractivity contribution in [2.75, 3.05) is 13.2 Å². The quantitative estimate of drug-likeness (QED) is 0.306. The summed E-state index contributed by atoms with van der Waals surface area (Å²) < 4.78 is 12.7. The van der Waals surface area contributed by atoms with Crippen LogP contribution in [0.1, 0.15) is 49.3 Å². The fraction of sp³-hybridized carbons (Fsp3) is 0.419. The lowest BCUT2D eigenvalue weighted by molar-refractivity contribution is -0.0716. The molecule has 0 aromatic heterocycles. The first kappa shape index (κ1) is 23.7. The van der Waals surface area contributed by atoms with E-state index in [-0.39, 0.29) is 5.41 Å². The van der Waals surface area contributed by atoms with Gasteiger partial charge < -0.3 is 9.47 Å². The largest absolute Gasteiger partial charge is 0.376 e. The Morgan fingerprint density at radius 2 is 1.18 bits per heavy atom. The molecule has 0 N–H and O–H groups in total. The highest BCUT2D eigenvalue weighted by Gasteiger charge is 2.39. The molecular weight excluding hydrogens is 404 g/mol. The number of hydrogen-bond acceptors (Lipinski definition) is 2. The second kappa shape index (κ2) is 12.2. The third-order valence-electron chi connectivity index (χ3n) is 7.32. The summed E-state index contributed by atoms with van der Waals surface area (Å²) in [4.78, 5) is 0. The molecule has 0 unspecified atom stereocenters. The normalized spacial score (nSPS) is 19.9. The van der Waals surface area contributed by atoms with Crippen molar-refractivity contribution >= 4 is 0 Å². The fourth-order valence-electron chi connectivity index (χ4n) is 5.24. The maximum Gasteiger partial charge on any atom is 0.0717 e. The van der Waals surface area contributed by atoms with Gasteiger partial charge in [-0.05, 0) is 60.6 Å². The van der Waals surface area contributed by atoms with Crippen LogP contribution in [0.2, 0.25) is 0 Å². The predicted molar refractivity (Wildman–Crippen MR) is 136 cm³/mol. The van der Waals surface area contributed by atoms with Gasteiger partial charge in [-0.3, -0.25) is 0 Å². The minimum atomic E-state index is 0.0947. The standard InChI is InChI=1S/C31H38O2/c1-26-19-20-31(24-32-22-28-13-7-3-8-14-28,25-33-23-29-15-9-4-10-16-29)21-30(26)18-17-27-11-5-2-6-12-27/h2-16,26,30H,17-25H2,1H3/t26-,30+/m0/s1. The molecule has 0 spiro atoms. The third-order valence-corrected chi connectivity index (χ3v) is 7.32. The zero-order valence-corrected chi connectivity index (χ0v) is 20.0. The van der Waals surface area contributed by atoms with Crippen LogP contribution >= 0.6 is 0 Å². The maximum absolute atomic E-state index is 6.33. The SMILES string of the molecule is C[C@H]1CCC(COCc2ccccc2)(COCc2ccccc2)C[C@H]1CCc1ccccc1. The predicted octanol–water partition coefficient (Wildman–Crippen LogP) is 7.48. The minimum absolute atomic E-state index is 0.0947. The molecule has 1 saturated carbocycles. The highest BCUT2D eigenvalue weighted by atomic mass is 16.5. The summed E-state index contributed by atoms with van der Waals surface area (Å²) in [5, 5.41) is 0. The second-order valence-corrected chi connectivity index (χ2v) is 9.96.